The number of esters is 1. The van der Waals surface area contributed by atoms with Crippen molar-refractivity contribution in [2.24, 2.45) is 0 Å². The molecule has 1 aliphatic rings. The van der Waals surface area contributed by atoms with E-state index in [0.29, 0.717) is 17.3 Å². The van der Waals surface area contributed by atoms with Gasteiger partial charge in [0.05, 0.1) is 27.5 Å². The Morgan fingerprint density at radius 3 is 2.58 bits per heavy atom. The quantitative estimate of drug-likeness (QED) is 0.164. The summed E-state index contributed by atoms with van der Waals surface area (Å²) >= 11 is 12.4. The first kappa shape index (κ1) is 26.9. The molecule has 2 aromatic carbocycles. The normalized spacial score (nSPS) is 14.2. The Hall–Kier alpha value is -4.13. The van der Waals surface area contributed by atoms with Crippen molar-refractivity contribution < 1.29 is 33.3 Å². The predicted octanol–water partition coefficient (Wildman–Crippen LogP) is 5.62. The third-order valence-electron chi connectivity index (χ3n) is 5.16. The van der Waals surface area contributed by atoms with Crippen LogP contribution in [0.25, 0.3) is 17.4 Å². The molecule has 0 saturated carbocycles. The third-order valence-corrected chi connectivity index (χ3v) is 6.71. The number of carbonyl (C=O) groups is 4. The monoisotopic (exact) mass is 575 g/mol. The topological polar surface area (TPSA) is 149 Å². The van der Waals surface area contributed by atoms with Crippen molar-refractivity contribution in [3.8, 4) is 11.3 Å². The Morgan fingerprint density at radius 2 is 1.87 bits per heavy atom. The van der Waals surface area contributed by atoms with Crippen molar-refractivity contribution in [2.45, 2.75) is 0 Å². The maximum absolute atomic E-state index is 12.8. The first-order valence-electron chi connectivity index (χ1n) is 10.5. The highest BCUT2D eigenvalue weighted by atomic mass is 35.5. The Kier molecular flexibility index (Phi) is 7.86. The minimum atomic E-state index is -0.707. The second-order valence-electron chi connectivity index (χ2n) is 7.63. The fourth-order valence-electron chi connectivity index (χ4n) is 3.37. The fourth-order valence-corrected chi connectivity index (χ4v) is 4.57. The maximum Gasteiger partial charge on any atom is 0.339 e. The Morgan fingerprint density at radius 1 is 1.13 bits per heavy atom. The zero-order chi connectivity index (χ0) is 27.6. The molecular formula is C24H15Cl2N3O8S. The predicted molar refractivity (Wildman–Crippen MR) is 140 cm³/mol. The molecule has 1 saturated heterocycles. The van der Waals surface area contributed by atoms with E-state index in [1.54, 1.807) is 12.1 Å². The summed E-state index contributed by atoms with van der Waals surface area (Å²) in [6, 6.07) is 11.4. The molecule has 194 valence electrons. The highest BCUT2D eigenvalue weighted by molar-refractivity contribution is 8.18. The number of imide groups is 1. The first-order valence-corrected chi connectivity index (χ1v) is 12.1. The molecule has 1 aromatic heterocycles. The number of methoxy groups -OCH3 is 1. The lowest BCUT2D eigenvalue weighted by Crippen LogP contribution is -2.36. The number of anilines is 1. The zero-order valence-corrected chi connectivity index (χ0v) is 21.6. The van der Waals surface area contributed by atoms with Crippen molar-refractivity contribution in [1.82, 2.24) is 4.90 Å². The molecule has 1 aliphatic heterocycles. The van der Waals surface area contributed by atoms with Crippen LogP contribution in [-0.4, -0.2) is 46.5 Å². The number of nitrogens with zero attached hydrogens (tertiary/aromatic N) is 2. The Bertz CT molecular complexity index is 1530. The van der Waals surface area contributed by atoms with Gasteiger partial charge in [0.15, 0.2) is 0 Å². The lowest BCUT2D eigenvalue weighted by molar-refractivity contribution is -0.384. The van der Waals surface area contributed by atoms with Gasteiger partial charge in [-0.15, -0.1) is 0 Å². The summed E-state index contributed by atoms with van der Waals surface area (Å²) in [6.45, 7) is -0.573. The van der Waals surface area contributed by atoms with Gasteiger partial charge in [0, 0.05) is 23.4 Å². The van der Waals surface area contributed by atoms with E-state index in [0.717, 1.165) is 4.90 Å². The smallest absolute Gasteiger partial charge is 0.339 e. The molecular weight excluding hydrogens is 561 g/mol. The van der Waals surface area contributed by atoms with Crippen LogP contribution in [0.5, 0.6) is 0 Å². The summed E-state index contributed by atoms with van der Waals surface area (Å²) in [5, 5.41) is 13.1. The third kappa shape index (κ3) is 5.72. The summed E-state index contributed by atoms with van der Waals surface area (Å²) in [7, 11) is 1.19. The highest BCUT2D eigenvalue weighted by Gasteiger charge is 2.36. The number of nitro groups is 1. The molecule has 3 aromatic rings. The van der Waals surface area contributed by atoms with E-state index < -0.39 is 34.5 Å². The highest BCUT2D eigenvalue weighted by Crippen LogP contribution is 2.35. The zero-order valence-electron chi connectivity index (χ0n) is 19.2. The summed E-state index contributed by atoms with van der Waals surface area (Å²) in [5.74, 6) is -1.59. The van der Waals surface area contributed by atoms with Gasteiger partial charge in [-0.25, -0.2) is 4.79 Å². The summed E-state index contributed by atoms with van der Waals surface area (Å²) in [6.07, 6.45) is 1.33. The van der Waals surface area contributed by atoms with Crippen LogP contribution in [0.3, 0.4) is 0 Å². The van der Waals surface area contributed by atoms with Gasteiger partial charge in [-0.2, -0.15) is 0 Å². The van der Waals surface area contributed by atoms with Crippen molar-refractivity contribution in [2.75, 3.05) is 19.0 Å². The molecule has 0 aliphatic carbocycles. The number of hydrogen-bond acceptors (Lipinski definition) is 9. The van der Waals surface area contributed by atoms with Gasteiger partial charge in [-0.3, -0.25) is 29.4 Å². The van der Waals surface area contributed by atoms with Gasteiger partial charge in [-0.05, 0) is 54.2 Å². The average molecular weight is 576 g/mol. The number of halogens is 2. The number of hydrogen-bond donors (Lipinski definition) is 1. The van der Waals surface area contributed by atoms with Crippen LogP contribution in [0.2, 0.25) is 10.0 Å². The largest absolute Gasteiger partial charge is 0.465 e. The molecule has 0 atom stereocenters. The van der Waals surface area contributed by atoms with Gasteiger partial charge in [0.2, 0.25) is 5.91 Å². The minimum absolute atomic E-state index is 0.0188. The van der Waals surface area contributed by atoms with Crippen LogP contribution in [0, 0.1) is 10.1 Å². The number of amides is 3. The van der Waals surface area contributed by atoms with E-state index in [2.05, 4.69) is 10.1 Å². The van der Waals surface area contributed by atoms with Crippen molar-refractivity contribution >= 4 is 75.4 Å². The van der Waals surface area contributed by atoms with E-state index in [4.69, 9.17) is 27.6 Å². The van der Waals surface area contributed by atoms with Gasteiger partial charge >= 0.3 is 5.97 Å². The molecule has 0 unspecified atom stereocenters. The van der Waals surface area contributed by atoms with Crippen LogP contribution in [-0.2, 0) is 14.3 Å². The molecule has 2 heterocycles. The lowest BCUT2D eigenvalue weighted by atomic mass is 10.1. The van der Waals surface area contributed by atoms with Crippen molar-refractivity contribution in [3.05, 3.63) is 84.9 Å². The summed E-state index contributed by atoms with van der Waals surface area (Å²) < 4.78 is 10.3. The molecule has 0 radical (unpaired) electrons. The van der Waals surface area contributed by atoms with Crippen LogP contribution in [0.15, 0.2) is 57.9 Å². The molecule has 14 heteroatoms. The van der Waals surface area contributed by atoms with E-state index in [1.165, 1.54) is 49.6 Å². The lowest BCUT2D eigenvalue weighted by Gasteiger charge is -2.13. The SMILES string of the molecule is COC(=O)c1cc(NC(=O)CN2C(=O)S/C(=C/c3ccc(-c4ccc(Cl)c([N+](=O)[O-])c4)o3)C2=O)ccc1Cl. The first-order chi connectivity index (χ1) is 18.1. The number of carbonyl (C=O) groups excluding carboxylic acids is 4. The second-order valence-corrected chi connectivity index (χ2v) is 9.44. The number of furan rings is 1. The van der Waals surface area contributed by atoms with E-state index in [9.17, 15) is 29.3 Å². The fraction of sp³-hybridized carbons (Fsp3) is 0.0833. The molecule has 4 rings (SSSR count). The van der Waals surface area contributed by atoms with E-state index in [1.807, 2.05) is 0 Å². The molecule has 3 amide bonds. The number of nitro benzene ring substituents is 1. The number of ether oxygens (including phenoxy) is 1. The maximum atomic E-state index is 12.8. The Balaban J connectivity index is 1.46. The summed E-state index contributed by atoms with van der Waals surface area (Å²) in [4.78, 5) is 60.8. The van der Waals surface area contributed by atoms with Crippen LogP contribution in [0.1, 0.15) is 16.1 Å². The molecule has 11 nitrogen and oxygen atoms in total. The number of rotatable bonds is 7. The number of nitrogens with one attached hydrogen (secondary N) is 1. The molecule has 0 spiro atoms. The van der Waals surface area contributed by atoms with Crippen LogP contribution < -0.4 is 5.32 Å². The standard InChI is InChI=1S/C24H15Cl2N3O8S/c1-36-23(32)15-9-13(3-6-16(15)25)27-21(30)11-28-22(31)20(38-24(28)33)10-14-4-7-19(37-14)12-2-5-17(26)18(8-12)29(34)35/h2-10H,11H2,1H3,(H,27,30)/b20-10+. The Labute approximate surface area is 228 Å². The van der Waals surface area contributed by atoms with E-state index >= 15 is 0 Å². The van der Waals surface area contributed by atoms with Gasteiger partial charge in [0.25, 0.3) is 16.8 Å². The van der Waals surface area contributed by atoms with Gasteiger partial charge in [-0.1, -0.05) is 23.2 Å². The van der Waals surface area contributed by atoms with Gasteiger partial charge < -0.3 is 14.5 Å². The van der Waals surface area contributed by atoms with Crippen LogP contribution in [0.4, 0.5) is 16.2 Å². The molecule has 38 heavy (non-hydrogen) atoms. The van der Waals surface area contributed by atoms with Crippen molar-refractivity contribution in [1.29, 1.82) is 0 Å². The second kappa shape index (κ2) is 11.1. The number of benzene rings is 2. The average Bonchev–Trinajstić information content (AvgIpc) is 3.45. The summed E-state index contributed by atoms with van der Waals surface area (Å²) in [5.41, 5.74) is 0.352. The van der Waals surface area contributed by atoms with Gasteiger partial charge in [0.1, 0.15) is 23.1 Å². The molecule has 0 bridgehead atoms. The molecule has 1 fully saturated rings. The number of thioether (sulfide) groups is 1. The minimum Gasteiger partial charge on any atom is -0.465 e. The molecule has 1 N–H and O–H groups in total. The van der Waals surface area contributed by atoms with E-state index in [-0.39, 0.29) is 43.4 Å². The van der Waals surface area contributed by atoms with Crippen molar-refractivity contribution in [3.63, 3.8) is 0 Å². The van der Waals surface area contributed by atoms with Crippen LogP contribution >= 0.6 is 35.0 Å².